The van der Waals surface area contributed by atoms with E-state index in [4.69, 9.17) is 0 Å². The second-order valence-electron chi connectivity index (χ2n) is 7.21. The summed E-state index contributed by atoms with van der Waals surface area (Å²) >= 11 is 0. The van der Waals surface area contributed by atoms with Crippen LogP contribution in [0.2, 0.25) is 0 Å². The van der Waals surface area contributed by atoms with Crippen LogP contribution in [0, 0.1) is 5.92 Å². The Hall–Kier alpha value is -1.39. The van der Waals surface area contributed by atoms with Crippen molar-refractivity contribution in [2.24, 2.45) is 5.92 Å². The molecule has 1 aromatic rings. The number of fused-ring (bicyclic) bond motifs is 4. The van der Waals surface area contributed by atoms with E-state index in [9.17, 15) is 4.79 Å². The quantitative estimate of drug-likeness (QED) is 0.800. The molecule has 120 valence electrons. The zero-order chi connectivity index (χ0) is 15.2. The predicted octanol–water partition coefficient (Wildman–Crippen LogP) is 3.25. The highest BCUT2D eigenvalue weighted by molar-refractivity contribution is 5.92. The summed E-state index contributed by atoms with van der Waals surface area (Å²) in [6, 6.07) is 0.344. The van der Waals surface area contributed by atoms with Gasteiger partial charge in [-0.1, -0.05) is 39.0 Å². The van der Waals surface area contributed by atoms with Crippen LogP contribution in [0.1, 0.15) is 71.1 Å². The van der Waals surface area contributed by atoms with Crippen LogP contribution in [0.25, 0.3) is 0 Å². The molecular weight excluding hydrogens is 276 g/mol. The third kappa shape index (κ3) is 1.87. The molecule has 0 radical (unpaired) electrons. The third-order valence-electron chi connectivity index (χ3n) is 6.21. The average Bonchev–Trinajstić information content (AvgIpc) is 3.06. The van der Waals surface area contributed by atoms with Crippen molar-refractivity contribution in [2.75, 3.05) is 4.90 Å². The monoisotopic (exact) mass is 302 g/mol. The van der Waals surface area contributed by atoms with E-state index >= 15 is 0 Å². The lowest BCUT2D eigenvalue weighted by atomic mass is 9.64. The molecule has 0 saturated heterocycles. The fraction of sp³-hybridized carbons (Fsp3) is 0.824. The molecule has 2 aliphatic carbocycles. The second-order valence-corrected chi connectivity index (χ2v) is 7.21. The van der Waals surface area contributed by atoms with E-state index < -0.39 is 0 Å². The number of carbonyl (C=O) groups excluding carboxylic acids is 1. The van der Waals surface area contributed by atoms with Crippen molar-refractivity contribution in [1.82, 2.24) is 14.8 Å². The van der Waals surface area contributed by atoms with Crippen LogP contribution in [0.4, 0.5) is 5.95 Å². The number of rotatable bonds is 1. The van der Waals surface area contributed by atoms with Gasteiger partial charge in [-0.15, -0.1) is 0 Å². The summed E-state index contributed by atoms with van der Waals surface area (Å²) < 4.78 is 2.15. The van der Waals surface area contributed by atoms with Crippen LogP contribution in [0.3, 0.4) is 0 Å². The normalized spacial score (nSPS) is 30.0. The van der Waals surface area contributed by atoms with E-state index in [-0.39, 0.29) is 11.4 Å². The first-order valence-electron chi connectivity index (χ1n) is 9.00. The van der Waals surface area contributed by atoms with Gasteiger partial charge in [-0.3, -0.25) is 9.69 Å². The van der Waals surface area contributed by atoms with E-state index in [0.717, 1.165) is 12.4 Å². The minimum atomic E-state index is 0.125. The first-order valence-corrected chi connectivity index (χ1v) is 9.00. The number of amides is 1. The molecule has 4 rings (SSSR count). The zero-order valence-electron chi connectivity index (χ0n) is 13.5. The number of nitrogens with zero attached hydrogens (tertiary/aromatic N) is 4. The van der Waals surface area contributed by atoms with Crippen LogP contribution in [-0.4, -0.2) is 26.7 Å². The smallest absolute Gasteiger partial charge is 0.231 e. The molecule has 3 aliphatic rings. The Balaban J connectivity index is 1.85. The van der Waals surface area contributed by atoms with Gasteiger partial charge in [0.2, 0.25) is 11.9 Å². The van der Waals surface area contributed by atoms with Gasteiger partial charge in [-0.25, -0.2) is 4.68 Å². The Morgan fingerprint density at radius 3 is 2.77 bits per heavy atom. The molecule has 0 bridgehead atoms. The van der Waals surface area contributed by atoms with Crippen LogP contribution < -0.4 is 4.90 Å². The fourth-order valence-electron chi connectivity index (χ4n) is 5.28. The molecule has 2 atom stereocenters. The molecule has 0 N–H and O–H groups in total. The summed E-state index contributed by atoms with van der Waals surface area (Å²) in [5.41, 5.74) is 0.125. The van der Waals surface area contributed by atoms with Crippen molar-refractivity contribution in [3.63, 3.8) is 0 Å². The topological polar surface area (TPSA) is 51.0 Å². The van der Waals surface area contributed by atoms with E-state index in [1.807, 2.05) is 11.8 Å². The summed E-state index contributed by atoms with van der Waals surface area (Å²) in [4.78, 5) is 19.1. The van der Waals surface area contributed by atoms with Gasteiger partial charge in [0.25, 0.3) is 0 Å². The van der Waals surface area contributed by atoms with Gasteiger partial charge in [-0.2, -0.15) is 10.1 Å². The van der Waals surface area contributed by atoms with Gasteiger partial charge >= 0.3 is 0 Å². The van der Waals surface area contributed by atoms with Gasteiger partial charge in [0.15, 0.2) is 0 Å². The van der Waals surface area contributed by atoms with Crippen molar-refractivity contribution in [2.45, 2.75) is 82.7 Å². The molecule has 5 heteroatoms. The molecular formula is C17H26N4O. The largest absolute Gasteiger partial charge is 0.277 e. The minimum absolute atomic E-state index is 0.125. The van der Waals surface area contributed by atoms with Crippen molar-refractivity contribution in [3.8, 4) is 0 Å². The van der Waals surface area contributed by atoms with Gasteiger partial charge in [0, 0.05) is 18.4 Å². The van der Waals surface area contributed by atoms with Gasteiger partial charge in [-0.05, 0) is 25.7 Å². The molecule has 5 nitrogen and oxygen atoms in total. The molecule has 1 spiro atoms. The Morgan fingerprint density at radius 1 is 1.23 bits per heavy atom. The van der Waals surface area contributed by atoms with Crippen molar-refractivity contribution >= 4 is 11.9 Å². The maximum atomic E-state index is 12.6. The number of carbonyl (C=O) groups is 1. The summed E-state index contributed by atoms with van der Waals surface area (Å²) in [6.07, 6.45) is 13.4. The number of aromatic nitrogens is 3. The highest BCUT2D eigenvalue weighted by Crippen LogP contribution is 2.52. The minimum Gasteiger partial charge on any atom is -0.277 e. The number of hydrogen-bond acceptors (Lipinski definition) is 3. The first-order chi connectivity index (χ1) is 10.8. The van der Waals surface area contributed by atoms with Crippen molar-refractivity contribution < 1.29 is 4.79 Å². The molecule has 1 amide bonds. The van der Waals surface area contributed by atoms with Gasteiger partial charge in [0.05, 0.1) is 5.54 Å². The first kappa shape index (κ1) is 14.2. The third-order valence-corrected chi connectivity index (χ3v) is 6.21. The standard InChI is InChI=1S/C17H26N4O/c1-2-15(22)20-14-9-5-4-8-13(14)17(10-6-3-7-11-17)21-16(20)18-12-19-21/h12-14H,2-11H2,1H3/t13-,14+/m1/s1. The molecule has 2 heterocycles. The molecule has 1 aliphatic heterocycles. The van der Waals surface area contributed by atoms with Crippen molar-refractivity contribution in [1.29, 1.82) is 0 Å². The number of anilines is 1. The fourth-order valence-corrected chi connectivity index (χ4v) is 5.28. The zero-order valence-corrected chi connectivity index (χ0v) is 13.5. The van der Waals surface area contributed by atoms with Crippen LogP contribution in [-0.2, 0) is 10.3 Å². The van der Waals surface area contributed by atoms with E-state index in [1.165, 1.54) is 51.4 Å². The highest BCUT2D eigenvalue weighted by Gasteiger charge is 2.54. The predicted molar refractivity (Wildman–Crippen MR) is 84.6 cm³/mol. The van der Waals surface area contributed by atoms with Crippen LogP contribution >= 0.6 is 0 Å². The molecule has 1 aromatic heterocycles. The molecule has 0 unspecified atom stereocenters. The van der Waals surface area contributed by atoms with Gasteiger partial charge in [0.1, 0.15) is 6.33 Å². The summed E-state index contributed by atoms with van der Waals surface area (Å²) in [5.74, 6) is 1.58. The SMILES string of the molecule is CCC(=O)N1c2ncnn2C2(CCCCC2)[C@@H]2CCCC[C@@H]21. The summed E-state index contributed by atoms with van der Waals surface area (Å²) in [7, 11) is 0. The molecule has 2 fully saturated rings. The maximum absolute atomic E-state index is 12.6. The van der Waals surface area contributed by atoms with E-state index in [2.05, 4.69) is 14.8 Å². The molecule has 22 heavy (non-hydrogen) atoms. The van der Waals surface area contributed by atoms with E-state index in [0.29, 0.717) is 18.4 Å². The maximum Gasteiger partial charge on any atom is 0.231 e. The molecule has 0 aromatic carbocycles. The molecule has 2 saturated carbocycles. The lowest BCUT2D eigenvalue weighted by Crippen LogP contribution is -2.61. The summed E-state index contributed by atoms with van der Waals surface area (Å²) in [5, 5.41) is 4.60. The Morgan fingerprint density at radius 2 is 2.00 bits per heavy atom. The van der Waals surface area contributed by atoms with E-state index in [1.54, 1.807) is 6.33 Å². The van der Waals surface area contributed by atoms with Gasteiger partial charge < -0.3 is 0 Å². The second kappa shape index (κ2) is 5.36. The number of hydrogen-bond donors (Lipinski definition) is 0. The Kier molecular flexibility index (Phi) is 3.46. The lowest BCUT2D eigenvalue weighted by Gasteiger charge is -2.55. The van der Waals surface area contributed by atoms with Crippen LogP contribution in [0.15, 0.2) is 6.33 Å². The average molecular weight is 302 g/mol. The summed E-state index contributed by atoms with van der Waals surface area (Å²) in [6.45, 7) is 1.95. The van der Waals surface area contributed by atoms with Crippen molar-refractivity contribution in [3.05, 3.63) is 6.33 Å². The Bertz CT molecular complexity index is 561. The Labute approximate surface area is 132 Å². The highest BCUT2D eigenvalue weighted by atomic mass is 16.2. The van der Waals surface area contributed by atoms with Crippen LogP contribution in [0.5, 0.6) is 0 Å². The lowest BCUT2D eigenvalue weighted by molar-refractivity contribution is -0.120.